The lowest BCUT2D eigenvalue weighted by molar-refractivity contribution is 0.100. The second-order valence-electron chi connectivity index (χ2n) is 6.88. The fraction of sp³-hybridized carbons (Fsp3) is 0.174. The van der Waals surface area contributed by atoms with E-state index in [1.165, 1.54) is 21.6 Å². The summed E-state index contributed by atoms with van der Waals surface area (Å²) in [5.41, 5.74) is 3.45. The molecule has 0 unspecified atom stereocenters. The van der Waals surface area contributed by atoms with Crippen LogP contribution in [0.15, 0.2) is 60.0 Å². The number of carbonyl (C=O) groups is 1. The molecular formula is C23H20ClNOS2. The highest BCUT2D eigenvalue weighted by atomic mass is 35.5. The molecule has 0 bridgehead atoms. The molecule has 0 fully saturated rings. The van der Waals surface area contributed by atoms with Crippen molar-refractivity contribution < 1.29 is 4.79 Å². The van der Waals surface area contributed by atoms with Crippen molar-refractivity contribution >= 4 is 55.8 Å². The van der Waals surface area contributed by atoms with E-state index >= 15 is 0 Å². The third-order valence-electron chi connectivity index (χ3n) is 4.76. The van der Waals surface area contributed by atoms with Crippen LogP contribution in [0.1, 0.15) is 25.7 Å². The summed E-state index contributed by atoms with van der Waals surface area (Å²) < 4.78 is 1.17. The van der Waals surface area contributed by atoms with Crippen LogP contribution in [-0.4, -0.2) is 12.3 Å². The number of anilines is 1. The van der Waals surface area contributed by atoms with Crippen molar-refractivity contribution in [3.8, 4) is 0 Å². The van der Waals surface area contributed by atoms with Gasteiger partial charge in [0.2, 0.25) is 0 Å². The van der Waals surface area contributed by atoms with E-state index in [2.05, 4.69) is 49.1 Å². The van der Waals surface area contributed by atoms with Gasteiger partial charge in [0.25, 0.3) is 0 Å². The molecule has 2 heterocycles. The van der Waals surface area contributed by atoms with Crippen molar-refractivity contribution in [2.45, 2.75) is 20.4 Å². The lowest BCUT2D eigenvalue weighted by Gasteiger charge is -2.25. The van der Waals surface area contributed by atoms with Crippen molar-refractivity contribution in [2.75, 3.05) is 11.4 Å². The van der Waals surface area contributed by atoms with Gasteiger partial charge in [0.05, 0.1) is 23.0 Å². The monoisotopic (exact) mass is 425 g/mol. The third-order valence-corrected chi connectivity index (χ3v) is 7.37. The number of hydrogen-bond acceptors (Lipinski definition) is 4. The Balaban J connectivity index is 1.71. The Labute approximate surface area is 178 Å². The van der Waals surface area contributed by atoms with Gasteiger partial charge in [-0.3, -0.25) is 4.79 Å². The van der Waals surface area contributed by atoms with Crippen molar-refractivity contribution in [3.63, 3.8) is 0 Å². The zero-order valence-corrected chi connectivity index (χ0v) is 18.1. The average Bonchev–Trinajstić information content (AvgIpc) is 3.31. The van der Waals surface area contributed by atoms with Crippen LogP contribution in [0.25, 0.3) is 10.1 Å². The van der Waals surface area contributed by atoms with E-state index in [1.54, 1.807) is 11.3 Å². The van der Waals surface area contributed by atoms with E-state index in [1.807, 2.05) is 29.6 Å². The summed E-state index contributed by atoms with van der Waals surface area (Å²) >= 11 is 9.88. The quantitative estimate of drug-likeness (QED) is 0.306. The maximum Gasteiger partial charge on any atom is 0.191 e. The van der Waals surface area contributed by atoms with Crippen LogP contribution in [-0.2, 0) is 6.54 Å². The largest absolute Gasteiger partial charge is 0.358 e. The number of ketones is 1. The van der Waals surface area contributed by atoms with E-state index in [0.29, 0.717) is 13.1 Å². The van der Waals surface area contributed by atoms with Crippen LogP contribution in [0.3, 0.4) is 0 Å². The number of carbonyl (C=O) groups excluding carboxylic acids is 1. The number of Topliss-reactive ketones (excluding diaryl/α,β-unsaturated/α-hetero) is 1. The van der Waals surface area contributed by atoms with Gasteiger partial charge < -0.3 is 4.90 Å². The first-order valence-electron chi connectivity index (χ1n) is 9.08. The SMILES string of the molecule is Cc1ccc(N(CC(=O)c2cccs2)Cc2sc3ccccc3c2Cl)c(C)c1. The number of halogens is 1. The molecule has 0 saturated heterocycles. The van der Waals surface area contributed by atoms with E-state index in [9.17, 15) is 4.79 Å². The van der Waals surface area contributed by atoms with E-state index in [-0.39, 0.29) is 5.78 Å². The first-order chi connectivity index (χ1) is 13.5. The zero-order chi connectivity index (χ0) is 19.7. The average molecular weight is 426 g/mol. The molecule has 2 aromatic heterocycles. The molecule has 142 valence electrons. The molecule has 4 rings (SSSR count). The van der Waals surface area contributed by atoms with Gasteiger partial charge in [0.15, 0.2) is 5.78 Å². The Morgan fingerprint density at radius 3 is 2.61 bits per heavy atom. The van der Waals surface area contributed by atoms with Gasteiger partial charge in [-0.05, 0) is 43.0 Å². The Kier molecular flexibility index (Phi) is 5.54. The fourth-order valence-corrected chi connectivity index (χ4v) is 5.58. The number of benzene rings is 2. The standard InChI is InChI=1S/C23H20ClNOS2/c1-15-9-10-18(16(2)12-15)25(13-19(26)21-8-5-11-27-21)14-22-23(24)17-6-3-4-7-20(17)28-22/h3-12H,13-14H2,1-2H3. The molecule has 4 aromatic rings. The van der Waals surface area contributed by atoms with Gasteiger partial charge in [-0.1, -0.05) is 53.6 Å². The number of nitrogens with zero attached hydrogens (tertiary/aromatic N) is 1. The minimum atomic E-state index is 0.132. The minimum Gasteiger partial charge on any atom is -0.358 e. The smallest absolute Gasteiger partial charge is 0.191 e. The number of rotatable bonds is 6. The van der Waals surface area contributed by atoms with Gasteiger partial charge in [0, 0.05) is 20.7 Å². The predicted octanol–water partition coefficient (Wildman–Crippen LogP) is 7.12. The highest BCUT2D eigenvalue weighted by Gasteiger charge is 2.19. The number of hydrogen-bond donors (Lipinski definition) is 0. The van der Waals surface area contributed by atoms with E-state index in [0.717, 1.165) is 31.4 Å². The second kappa shape index (κ2) is 8.08. The van der Waals surface area contributed by atoms with Crippen molar-refractivity contribution in [2.24, 2.45) is 0 Å². The van der Waals surface area contributed by atoms with Gasteiger partial charge in [-0.15, -0.1) is 22.7 Å². The summed E-state index contributed by atoms with van der Waals surface area (Å²) in [7, 11) is 0. The Morgan fingerprint density at radius 2 is 1.89 bits per heavy atom. The minimum absolute atomic E-state index is 0.132. The maximum atomic E-state index is 12.9. The van der Waals surface area contributed by atoms with Gasteiger partial charge in [0.1, 0.15) is 0 Å². The second-order valence-corrected chi connectivity index (χ2v) is 9.34. The van der Waals surface area contributed by atoms with Crippen molar-refractivity contribution in [3.05, 3.63) is 85.9 Å². The summed E-state index contributed by atoms with van der Waals surface area (Å²) in [5.74, 6) is 0.132. The molecule has 0 N–H and O–H groups in total. The van der Waals surface area contributed by atoms with Crippen LogP contribution < -0.4 is 4.90 Å². The topological polar surface area (TPSA) is 20.3 Å². The van der Waals surface area contributed by atoms with Gasteiger partial charge in [-0.2, -0.15) is 0 Å². The molecule has 0 aliphatic carbocycles. The molecule has 28 heavy (non-hydrogen) atoms. The molecule has 0 saturated carbocycles. The zero-order valence-electron chi connectivity index (χ0n) is 15.7. The summed E-state index contributed by atoms with van der Waals surface area (Å²) in [5, 5.41) is 3.81. The lowest BCUT2D eigenvalue weighted by atomic mass is 10.1. The summed E-state index contributed by atoms with van der Waals surface area (Å²) in [4.78, 5) is 16.9. The molecule has 0 aliphatic heterocycles. The van der Waals surface area contributed by atoms with Gasteiger partial charge >= 0.3 is 0 Å². The third kappa shape index (κ3) is 3.86. The van der Waals surface area contributed by atoms with Crippen molar-refractivity contribution in [1.29, 1.82) is 0 Å². The highest BCUT2D eigenvalue weighted by molar-refractivity contribution is 7.19. The predicted molar refractivity (Wildman–Crippen MR) is 122 cm³/mol. The Hall–Kier alpha value is -2.14. The van der Waals surface area contributed by atoms with Crippen LogP contribution in [0.5, 0.6) is 0 Å². The Bertz CT molecular complexity index is 1130. The molecule has 0 radical (unpaired) electrons. The molecule has 0 aliphatic rings. The van der Waals surface area contributed by atoms with Crippen LogP contribution in [0, 0.1) is 13.8 Å². The summed E-state index contributed by atoms with van der Waals surface area (Å²) in [6, 6.07) is 18.3. The number of thiophene rings is 2. The Morgan fingerprint density at radius 1 is 1.07 bits per heavy atom. The molecule has 0 amide bonds. The normalized spacial score (nSPS) is 11.1. The fourth-order valence-electron chi connectivity index (χ4n) is 3.41. The van der Waals surface area contributed by atoms with Crippen molar-refractivity contribution in [1.82, 2.24) is 0 Å². The highest BCUT2D eigenvalue weighted by Crippen LogP contribution is 2.37. The van der Waals surface area contributed by atoms with E-state index in [4.69, 9.17) is 11.6 Å². The maximum absolute atomic E-state index is 12.9. The van der Waals surface area contributed by atoms with Crippen LogP contribution >= 0.6 is 34.3 Å². The van der Waals surface area contributed by atoms with Crippen LogP contribution in [0.4, 0.5) is 5.69 Å². The van der Waals surface area contributed by atoms with E-state index < -0.39 is 0 Å². The first-order valence-corrected chi connectivity index (χ1v) is 11.1. The number of aryl methyl sites for hydroxylation is 2. The number of fused-ring (bicyclic) bond motifs is 1. The molecule has 2 nitrogen and oxygen atoms in total. The lowest BCUT2D eigenvalue weighted by Crippen LogP contribution is -2.29. The van der Waals surface area contributed by atoms with Gasteiger partial charge in [-0.25, -0.2) is 0 Å². The molecule has 0 spiro atoms. The molecule has 5 heteroatoms. The first kappa shape index (κ1) is 19.2. The van der Waals surface area contributed by atoms with Crippen LogP contribution in [0.2, 0.25) is 5.02 Å². The summed E-state index contributed by atoms with van der Waals surface area (Å²) in [6.45, 7) is 5.12. The molecule has 0 atom stereocenters. The molecule has 2 aromatic carbocycles. The molecular weight excluding hydrogens is 406 g/mol. The summed E-state index contributed by atoms with van der Waals surface area (Å²) in [6.07, 6.45) is 0.